The quantitative estimate of drug-likeness (QED) is 0.643. The van der Waals surface area contributed by atoms with Crippen molar-refractivity contribution in [3.8, 4) is 0 Å². The molecule has 3 aromatic rings. The van der Waals surface area contributed by atoms with E-state index in [1.165, 1.54) is 18.5 Å². The molecule has 1 aromatic carbocycles. The summed E-state index contributed by atoms with van der Waals surface area (Å²) in [6.07, 6.45) is 3.34. The van der Waals surface area contributed by atoms with Crippen molar-refractivity contribution in [2.45, 2.75) is 25.1 Å². The number of hydrogen-bond acceptors (Lipinski definition) is 6. The summed E-state index contributed by atoms with van der Waals surface area (Å²) in [5, 5.41) is 17.2. The van der Waals surface area contributed by atoms with Crippen LogP contribution >= 0.6 is 0 Å². The summed E-state index contributed by atoms with van der Waals surface area (Å²) in [7, 11) is 0. The topological polar surface area (TPSA) is 91.7 Å². The molecule has 0 spiro atoms. The van der Waals surface area contributed by atoms with Crippen LogP contribution in [0.15, 0.2) is 36.8 Å². The van der Waals surface area contributed by atoms with E-state index >= 15 is 0 Å². The van der Waals surface area contributed by atoms with Gasteiger partial charge in [-0.2, -0.15) is 5.10 Å². The van der Waals surface area contributed by atoms with Crippen LogP contribution < -0.4 is 11.1 Å². The molecule has 1 aliphatic heterocycles. The maximum absolute atomic E-state index is 13.5. The smallest absolute Gasteiger partial charge is 0.158 e. The molecule has 4 rings (SSSR count). The van der Waals surface area contributed by atoms with E-state index in [4.69, 9.17) is 5.73 Å². The van der Waals surface area contributed by atoms with Crippen molar-refractivity contribution in [1.82, 2.24) is 19.5 Å². The molecule has 0 bridgehead atoms. The van der Waals surface area contributed by atoms with E-state index in [1.54, 1.807) is 10.7 Å². The van der Waals surface area contributed by atoms with E-state index in [2.05, 4.69) is 20.3 Å². The van der Waals surface area contributed by atoms with Crippen molar-refractivity contribution >= 4 is 17.0 Å². The highest BCUT2D eigenvalue weighted by Gasteiger charge is 2.25. The lowest BCUT2D eigenvalue weighted by molar-refractivity contribution is 0.0501. The minimum atomic E-state index is -0.670. The standard InChI is InChI=1S/C18H20F2N6O/c19-12-5-13(20)7-14(6-12)24-18-17-11(1-4-26(17)23-10-22-18)8-25-3-2-15(21)16(27)9-25/h1,4-7,10,15-16,27H,2-3,8-9,21H2,(H,22,23,24)/t15-,16-/m1/s1. The van der Waals surface area contributed by atoms with E-state index < -0.39 is 17.7 Å². The van der Waals surface area contributed by atoms with Gasteiger partial charge in [-0.3, -0.25) is 4.90 Å². The van der Waals surface area contributed by atoms with Crippen LogP contribution in [0.3, 0.4) is 0 Å². The Morgan fingerprint density at radius 1 is 1.26 bits per heavy atom. The number of β-amino-alcohol motifs (C(OH)–C–C–N with tert-alkyl or cyclic N) is 1. The first kappa shape index (κ1) is 17.8. The number of fused-ring (bicyclic) bond motifs is 1. The largest absolute Gasteiger partial charge is 0.390 e. The van der Waals surface area contributed by atoms with Gasteiger partial charge in [0.05, 0.1) is 6.10 Å². The highest BCUT2D eigenvalue weighted by molar-refractivity contribution is 5.76. The fraction of sp³-hybridized carbons (Fsp3) is 0.333. The maximum atomic E-state index is 13.5. The molecule has 0 radical (unpaired) electrons. The Balaban J connectivity index is 1.63. The predicted octanol–water partition coefficient (Wildman–Crippen LogP) is 1.64. The number of nitrogens with two attached hydrogens (primary N) is 1. The van der Waals surface area contributed by atoms with Crippen LogP contribution in [0.4, 0.5) is 20.3 Å². The Morgan fingerprint density at radius 3 is 2.78 bits per heavy atom. The zero-order valence-corrected chi connectivity index (χ0v) is 14.5. The normalized spacial score (nSPS) is 20.9. The zero-order valence-electron chi connectivity index (χ0n) is 14.5. The molecule has 4 N–H and O–H groups in total. The number of aliphatic hydroxyl groups excluding tert-OH is 1. The SMILES string of the molecule is N[C@@H]1CCN(Cc2ccn3ncnc(Nc4cc(F)cc(F)c4)c23)C[C@H]1O. The Morgan fingerprint density at radius 2 is 2.04 bits per heavy atom. The number of halogens is 2. The van der Waals surface area contributed by atoms with Crippen LogP contribution in [-0.4, -0.2) is 49.8 Å². The van der Waals surface area contributed by atoms with Gasteiger partial charge in [-0.25, -0.2) is 18.3 Å². The van der Waals surface area contributed by atoms with Crippen LogP contribution in [0.1, 0.15) is 12.0 Å². The molecule has 27 heavy (non-hydrogen) atoms. The Hall–Kier alpha value is -2.62. The lowest BCUT2D eigenvalue weighted by Gasteiger charge is -2.33. The molecule has 1 saturated heterocycles. The number of piperidine rings is 1. The molecule has 9 heteroatoms. The van der Waals surface area contributed by atoms with Gasteiger partial charge >= 0.3 is 0 Å². The molecule has 0 unspecified atom stereocenters. The fourth-order valence-electron chi connectivity index (χ4n) is 3.40. The number of nitrogens with one attached hydrogen (secondary N) is 1. The summed E-state index contributed by atoms with van der Waals surface area (Å²) in [4.78, 5) is 6.35. The molecule has 3 heterocycles. The van der Waals surface area contributed by atoms with E-state index in [0.29, 0.717) is 24.4 Å². The molecule has 2 atom stereocenters. The number of benzene rings is 1. The van der Waals surface area contributed by atoms with Gasteiger partial charge in [-0.1, -0.05) is 0 Å². The average Bonchev–Trinajstić information content (AvgIpc) is 3.01. The molecule has 142 valence electrons. The van der Waals surface area contributed by atoms with Gasteiger partial charge in [-0.05, 0) is 30.2 Å². The average molecular weight is 374 g/mol. The van der Waals surface area contributed by atoms with Crippen molar-refractivity contribution in [1.29, 1.82) is 0 Å². The van der Waals surface area contributed by atoms with Gasteiger partial charge < -0.3 is 16.2 Å². The highest BCUT2D eigenvalue weighted by atomic mass is 19.1. The molecule has 0 aliphatic carbocycles. The first-order valence-corrected chi connectivity index (χ1v) is 8.70. The highest BCUT2D eigenvalue weighted by Crippen LogP contribution is 2.25. The predicted molar refractivity (Wildman–Crippen MR) is 96.5 cm³/mol. The Labute approximate surface area is 154 Å². The lowest BCUT2D eigenvalue weighted by Crippen LogP contribution is -2.50. The third-order valence-electron chi connectivity index (χ3n) is 4.77. The van der Waals surface area contributed by atoms with Crippen LogP contribution in [0.5, 0.6) is 0 Å². The van der Waals surface area contributed by atoms with Crippen molar-refractivity contribution < 1.29 is 13.9 Å². The third kappa shape index (κ3) is 3.75. The number of hydrogen-bond donors (Lipinski definition) is 3. The Kier molecular flexibility index (Phi) is 4.73. The van der Waals surface area contributed by atoms with E-state index in [-0.39, 0.29) is 11.7 Å². The minimum Gasteiger partial charge on any atom is -0.390 e. The molecular weight excluding hydrogens is 354 g/mol. The van der Waals surface area contributed by atoms with Gasteiger partial charge in [0.15, 0.2) is 5.82 Å². The second-order valence-electron chi connectivity index (χ2n) is 6.78. The van der Waals surface area contributed by atoms with Crippen molar-refractivity contribution in [3.63, 3.8) is 0 Å². The first-order chi connectivity index (χ1) is 13.0. The maximum Gasteiger partial charge on any atom is 0.158 e. The van der Waals surface area contributed by atoms with E-state index in [9.17, 15) is 13.9 Å². The summed E-state index contributed by atoms with van der Waals surface area (Å²) in [6.45, 7) is 1.85. The summed E-state index contributed by atoms with van der Waals surface area (Å²) in [5.41, 5.74) is 7.79. The molecule has 0 amide bonds. The van der Waals surface area contributed by atoms with E-state index in [0.717, 1.165) is 24.6 Å². The van der Waals surface area contributed by atoms with E-state index in [1.807, 2.05) is 6.07 Å². The summed E-state index contributed by atoms with van der Waals surface area (Å²) in [5.74, 6) is -0.891. The molecule has 1 fully saturated rings. The van der Waals surface area contributed by atoms with Crippen LogP contribution in [0.25, 0.3) is 5.52 Å². The monoisotopic (exact) mass is 374 g/mol. The van der Waals surface area contributed by atoms with Crippen LogP contribution in [0, 0.1) is 11.6 Å². The van der Waals surface area contributed by atoms with Crippen LogP contribution in [0.2, 0.25) is 0 Å². The number of rotatable bonds is 4. The molecular formula is C18H20F2N6O. The third-order valence-corrected chi connectivity index (χ3v) is 4.77. The van der Waals surface area contributed by atoms with Gasteiger partial charge in [0, 0.05) is 43.6 Å². The van der Waals surface area contributed by atoms with Gasteiger partial charge in [-0.15, -0.1) is 0 Å². The fourth-order valence-corrected chi connectivity index (χ4v) is 3.40. The van der Waals surface area contributed by atoms with Gasteiger partial charge in [0.25, 0.3) is 0 Å². The summed E-state index contributed by atoms with van der Waals surface area (Å²) in [6, 6.07) is 4.94. The summed E-state index contributed by atoms with van der Waals surface area (Å²) >= 11 is 0. The number of aromatic nitrogens is 3. The minimum absolute atomic E-state index is 0.199. The zero-order chi connectivity index (χ0) is 19.0. The molecule has 1 aliphatic rings. The number of likely N-dealkylation sites (tertiary alicyclic amines) is 1. The molecule has 2 aromatic heterocycles. The number of anilines is 2. The Bertz CT molecular complexity index is 942. The second kappa shape index (κ2) is 7.18. The van der Waals surface area contributed by atoms with Gasteiger partial charge in [0.1, 0.15) is 23.5 Å². The second-order valence-corrected chi connectivity index (χ2v) is 6.78. The number of nitrogens with zero attached hydrogens (tertiary/aromatic N) is 4. The van der Waals surface area contributed by atoms with Crippen molar-refractivity contribution in [2.24, 2.45) is 5.73 Å². The summed E-state index contributed by atoms with van der Waals surface area (Å²) < 4.78 is 28.6. The van der Waals surface area contributed by atoms with Crippen molar-refractivity contribution in [3.05, 3.63) is 54.0 Å². The molecule has 7 nitrogen and oxygen atoms in total. The van der Waals surface area contributed by atoms with Gasteiger partial charge in [0.2, 0.25) is 0 Å². The lowest BCUT2D eigenvalue weighted by atomic mass is 10.0. The number of aliphatic hydroxyl groups is 1. The van der Waals surface area contributed by atoms with Crippen LogP contribution in [-0.2, 0) is 6.54 Å². The first-order valence-electron chi connectivity index (χ1n) is 8.70. The molecule has 0 saturated carbocycles. The van der Waals surface area contributed by atoms with Crippen molar-refractivity contribution in [2.75, 3.05) is 18.4 Å².